The van der Waals surface area contributed by atoms with Gasteiger partial charge in [0.15, 0.2) is 5.65 Å². The second-order valence-corrected chi connectivity index (χ2v) is 3.74. The summed E-state index contributed by atoms with van der Waals surface area (Å²) in [5.74, 6) is 0.808. The number of aromatic nitrogens is 2. The summed E-state index contributed by atoms with van der Waals surface area (Å²) in [5.41, 5.74) is 1.78. The van der Waals surface area contributed by atoms with Gasteiger partial charge in [-0.25, -0.2) is 9.97 Å². The normalized spacial score (nSPS) is 10.4. The third kappa shape index (κ3) is 2.08. The van der Waals surface area contributed by atoms with Gasteiger partial charge >= 0.3 is 0 Å². The van der Waals surface area contributed by atoms with Crippen LogP contribution in [0.2, 0.25) is 0 Å². The van der Waals surface area contributed by atoms with E-state index < -0.39 is 0 Å². The SMILES string of the molecule is c1ccc(Nc2ccc3cccnc3n2)cc1. The van der Waals surface area contributed by atoms with Crippen molar-refractivity contribution in [3.63, 3.8) is 0 Å². The second-order valence-electron chi connectivity index (χ2n) is 3.74. The number of fused-ring (bicyclic) bond motifs is 1. The molecule has 0 aliphatic rings. The van der Waals surface area contributed by atoms with Crippen LogP contribution in [0.15, 0.2) is 60.8 Å². The maximum Gasteiger partial charge on any atom is 0.161 e. The third-order valence-corrected chi connectivity index (χ3v) is 2.51. The molecule has 1 aromatic carbocycles. The fourth-order valence-corrected chi connectivity index (χ4v) is 1.69. The van der Waals surface area contributed by atoms with Crippen molar-refractivity contribution in [2.24, 2.45) is 0 Å². The lowest BCUT2D eigenvalue weighted by Crippen LogP contribution is -1.94. The Morgan fingerprint density at radius 2 is 1.71 bits per heavy atom. The molecule has 0 atom stereocenters. The van der Waals surface area contributed by atoms with E-state index in [1.54, 1.807) is 6.20 Å². The molecule has 0 spiro atoms. The summed E-state index contributed by atoms with van der Waals surface area (Å²) >= 11 is 0. The van der Waals surface area contributed by atoms with Crippen molar-refractivity contribution in [1.82, 2.24) is 9.97 Å². The summed E-state index contributed by atoms with van der Waals surface area (Å²) in [6.45, 7) is 0. The van der Waals surface area contributed by atoms with Gasteiger partial charge < -0.3 is 5.32 Å². The van der Waals surface area contributed by atoms with Crippen LogP contribution in [0.3, 0.4) is 0 Å². The molecule has 0 saturated carbocycles. The summed E-state index contributed by atoms with van der Waals surface area (Å²) in [5, 5.41) is 4.29. The van der Waals surface area contributed by atoms with Gasteiger partial charge in [0.25, 0.3) is 0 Å². The fraction of sp³-hybridized carbons (Fsp3) is 0. The molecule has 3 heteroatoms. The molecule has 3 nitrogen and oxygen atoms in total. The molecule has 2 aromatic heterocycles. The summed E-state index contributed by atoms with van der Waals surface area (Å²) < 4.78 is 0. The van der Waals surface area contributed by atoms with Crippen LogP contribution < -0.4 is 5.32 Å². The zero-order valence-electron chi connectivity index (χ0n) is 9.17. The van der Waals surface area contributed by atoms with Gasteiger partial charge in [0.1, 0.15) is 5.82 Å². The lowest BCUT2D eigenvalue weighted by molar-refractivity contribution is 1.28. The van der Waals surface area contributed by atoms with Crippen LogP contribution in [0.5, 0.6) is 0 Å². The molecule has 82 valence electrons. The second kappa shape index (κ2) is 4.22. The minimum Gasteiger partial charge on any atom is -0.340 e. The van der Waals surface area contributed by atoms with Gasteiger partial charge in [-0.3, -0.25) is 0 Å². The van der Waals surface area contributed by atoms with Crippen molar-refractivity contribution in [3.05, 3.63) is 60.8 Å². The van der Waals surface area contributed by atoms with E-state index in [9.17, 15) is 0 Å². The topological polar surface area (TPSA) is 37.8 Å². The van der Waals surface area contributed by atoms with Crippen LogP contribution >= 0.6 is 0 Å². The summed E-state index contributed by atoms with van der Waals surface area (Å²) in [7, 11) is 0. The maximum absolute atomic E-state index is 4.45. The Hall–Kier alpha value is -2.42. The predicted octanol–water partition coefficient (Wildman–Crippen LogP) is 3.37. The average Bonchev–Trinajstić information content (AvgIpc) is 2.40. The molecule has 3 rings (SSSR count). The number of nitrogens with one attached hydrogen (secondary N) is 1. The third-order valence-electron chi connectivity index (χ3n) is 2.51. The molecule has 0 amide bonds. The Kier molecular flexibility index (Phi) is 2.43. The molecule has 1 N–H and O–H groups in total. The van der Waals surface area contributed by atoms with Gasteiger partial charge in [0.05, 0.1) is 0 Å². The number of hydrogen-bond donors (Lipinski definition) is 1. The molecular weight excluding hydrogens is 210 g/mol. The van der Waals surface area contributed by atoms with Crippen LogP contribution in [0.25, 0.3) is 11.0 Å². The van der Waals surface area contributed by atoms with Crippen LogP contribution in [0, 0.1) is 0 Å². The molecule has 0 aliphatic heterocycles. The Bertz CT molecular complexity index is 635. The largest absolute Gasteiger partial charge is 0.340 e. The van der Waals surface area contributed by atoms with Crippen molar-refractivity contribution in [2.45, 2.75) is 0 Å². The van der Waals surface area contributed by atoms with Crippen LogP contribution in [-0.2, 0) is 0 Å². The molecule has 3 aromatic rings. The van der Waals surface area contributed by atoms with Gasteiger partial charge in [0.2, 0.25) is 0 Å². The van der Waals surface area contributed by atoms with Crippen molar-refractivity contribution >= 4 is 22.5 Å². The Labute approximate surface area is 99.2 Å². The molecule has 0 bridgehead atoms. The van der Waals surface area contributed by atoms with E-state index in [1.807, 2.05) is 54.6 Å². The Balaban J connectivity index is 1.96. The van der Waals surface area contributed by atoms with E-state index >= 15 is 0 Å². The molecule has 0 radical (unpaired) electrons. The molecular formula is C14H11N3. The average molecular weight is 221 g/mol. The number of anilines is 2. The molecule has 0 unspecified atom stereocenters. The zero-order chi connectivity index (χ0) is 11.5. The number of nitrogens with zero attached hydrogens (tertiary/aromatic N) is 2. The van der Waals surface area contributed by atoms with E-state index in [-0.39, 0.29) is 0 Å². The minimum absolute atomic E-state index is 0.758. The highest BCUT2D eigenvalue weighted by Crippen LogP contribution is 2.16. The Morgan fingerprint density at radius 3 is 2.59 bits per heavy atom. The quantitative estimate of drug-likeness (QED) is 0.721. The van der Waals surface area contributed by atoms with Gasteiger partial charge in [0, 0.05) is 17.3 Å². The molecule has 17 heavy (non-hydrogen) atoms. The first kappa shape index (κ1) is 9.78. The maximum atomic E-state index is 4.45. The van der Waals surface area contributed by atoms with Crippen LogP contribution in [-0.4, -0.2) is 9.97 Å². The monoisotopic (exact) mass is 221 g/mol. The van der Waals surface area contributed by atoms with Gasteiger partial charge in [-0.15, -0.1) is 0 Å². The molecule has 0 aliphatic carbocycles. The van der Waals surface area contributed by atoms with Crippen molar-refractivity contribution in [2.75, 3.05) is 5.32 Å². The van der Waals surface area contributed by atoms with Gasteiger partial charge in [-0.1, -0.05) is 18.2 Å². The smallest absolute Gasteiger partial charge is 0.161 e. The molecule has 0 fully saturated rings. The predicted molar refractivity (Wildman–Crippen MR) is 69.3 cm³/mol. The van der Waals surface area contributed by atoms with E-state index in [1.165, 1.54) is 0 Å². The summed E-state index contributed by atoms with van der Waals surface area (Å²) in [4.78, 5) is 8.68. The molecule has 0 saturated heterocycles. The van der Waals surface area contributed by atoms with Gasteiger partial charge in [-0.2, -0.15) is 0 Å². The molecule has 2 heterocycles. The number of hydrogen-bond acceptors (Lipinski definition) is 3. The van der Waals surface area contributed by atoms with E-state index in [2.05, 4.69) is 15.3 Å². The first-order valence-electron chi connectivity index (χ1n) is 5.46. The lowest BCUT2D eigenvalue weighted by Gasteiger charge is -2.05. The number of benzene rings is 1. The Morgan fingerprint density at radius 1 is 0.824 bits per heavy atom. The first-order chi connectivity index (χ1) is 8.42. The van der Waals surface area contributed by atoms with Crippen LogP contribution in [0.4, 0.5) is 11.5 Å². The van der Waals surface area contributed by atoms with Crippen LogP contribution in [0.1, 0.15) is 0 Å². The van der Waals surface area contributed by atoms with E-state index in [0.717, 1.165) is 22.5 Å². The standard InChI is InChI=1S/C14H11N3/c1-2-6-12(7-3-1)16-13-9-8-11-5-4-10-15-14(11)17-13/h1-10H,(H,15,16,17). The number of pyridine rings is 2. The highest BCUT2D eigenvalue weighted by atomic mass is 15.0. The highest BCUT2D eigenvalue weighted by Gasteiger charge is 1.98. The number of rotatable bonds is 2. The number of para-hydroxylation sites is 1. The fourth-order valence-electron chi connectivity index (χ4n) is 1.69. The van der Waals surface area contributed by atoms with E-state index in [4.69, 9.17) is 0 Å². The van der Waals surface area contributed by atoms with Gasteiger partial charge in [-0.05, 0) is 36.4 Å². The van der Waals surface area contributed by atoms with Crippen molar-refractivity contribution in [1.29, 1.82) is 0 Å². The summed E-state index contributed by atoms with van der Waals surface area (Å²) in [6.07, 6.45) is 1.75. The highest BCUT2D eigenvalue weighted by molar-refractivity contribution is 5.77. The minimum atomic E-state index is 0.758. The first-order valence-corrected chi connectivity index (χ1v) is 5.46. The summed E-state index contributed by atoms with van der Waals surface area (Å²) in [6, 6.07) is 17.9. The zero-order valence-corrected chi connectivity index (χ0v) is 9.17. The van der Waals surface area contributed by atoms with Crippen molar-refractivity contribution in [3.8, 4) is 0 Å². The van der Waals surface area contributed by atoms with E-state index in [0.29, 0.717) is 0 Å². The lowest BCUT2D eigenvalue weighted by atomic mass is 10.3. The van der Waals surface area contributed by atoms with Crippen molar-refractivity contribution < 1.29 is 0 Å².